The highest BCUT2D eigenvalue weighted by Crippen LogP contribution is 2.31. The van der Waals surface area contributed by atoms with Gasteiger partial charge in [0.1, 0.15) is 0 Å². The van der Waals surface area contributed by atoms with E-state index in [9.17, 15) is 14.4 Å². The van der Waals surface area contributed by atoms with Gasteiger partial charge in [-0.05, 0) is 36.7 Å². The van der Waals surface area contributed by atoms with Gasteiger partial charge in [0, 0.05) is 19.5 Å². The number of carbonyl (C=O) groups excluding carboxylic acids is 3. The van der Waals surface area contributed by atoms with Gasteiger partial charge in [0.25, 0.3) is 11.1 Å². The predicted molar refractivity (Wildman–Crippen MR) is 96.4 cm³/mol. The van der Waals surface area contributed by atoms with Crippen molar-refractivity contribution >= 4 is 34.9 Å². The second-order valence-corrected chi connectivity index (χ2v) is 6.69. The lowest BCUT2D eigenvalue weighted by Crippen LogP contribution is -2.37. The van der Waals surface area contributed by atoms with Crippen molar-refractivity contribution in [3.05, 3.63) is 40.3 Å². The number of rotatable bonds is 7. The van der Waals surface area contributed by atoms with Crippen LogP contribution >= 0.6 is 11.8 Å². The molecule has 2 rings (SSSR count). The SMILES string of the molecule is CCCCC(=O)NCCN1C(=O)S/C(=C\c2ccc(C)cc2)C1=O. The molecule has 1 fully saturated rings. The van der Waals surface area contributed by atoms with Gasteiger partial charge in [-0.1, -0.05) is 43.2 Å². The summed E-state index contributed by atoms with van der Waals surface area (Å²) < 4.78 is 0. The van der Waals surface area contributed by atoms with Crippen LogP contribution < -0.4 is 5.32 Å². The highest BCUT2D eigenvalue weighted by molar-refractivity contribution is 8.18. The van der Waals surface area contributed by atoms with E-state index in [1.807, 2.05) is 38.1 Å². The number of imide groups is 1. The lowest BCUT2D eigenvalue weighted by Gasteiger charge is -2.12. The first-order valence-corrected chi connectivity index (χ1v) is 8.91. The third kappa shape index (κ3) is 4.96. The Morgan fingerprint density at radius 3 is 2.62 bits per heavy atom. The van der Waals surface area contributed by atoms with E-state index in [0.29, 0.717) is 17.9 Å². The van der Waals surface area contributed by atoms with Crippen LogP contribution in [0.3, 0.4) is 0 Å². The molecule has 6 heteroatoms. The highest BCUT2D eigenvalue weighted by atomic mass is 32.2. The average molecular weight is 346 g/mol. The Morgan fingerprint density at radius 1 is 1.25 bits per heavy atom. The Kier molecular flexibility index (Phi) is 6.61. The number of amides is 3. The summed E-state index contributed by atoms with van der Waals surface area (Å²) in [5.41, 5.74) is 2.03. The third-order valence-electron chi connectivity index (χ3n) is 3.66. The van der Waals surface area contributed by atoms with Crippen molar-refractivity contribution in [2.45, 2.75) is 33.1 Å². The van der Waals surface area contributed by atoms with E-state index in [1.165, 1.54) is 4.90 Å². The van der Waals surface area contributed by atoms with E-state index in [1.54, 1.807) is 6.08 Å². The molecular formula is C18H22N2O3S. The van der Waals surface area contributed by atoms with Crippen LogP contribution in [0.1, 0.15) is 37.3 Å². The van der Waals surface area contributed by atoms with Gasteiger partial charge in [-0.15, -0.1) is 0 Å². The van der Waals surface area contributed by atoms with Gasteiger partial charge in [-0.3, -0.25) is 19.3 Å². The van der Waals surface area contributed by atoms with E-state index in [4.69, 9.17) is 0 Å². The summed E-state index contributed by atoms with van der Waals surface area (Å²) in [6, 6.07) is 7.75. The summed E-state index contributed by atoms with van der Waals surface area (Å²) >= 11 is 0.939. The van der Waals surface area contributed by atoms with Crippen molar-refractivity contribution in [2.24, 2.45) is 0 Å². The van der Waals surface area contributed by atoms with Crippen LogP contribution in [-0.2, 0) is 9.59 Å². The molecule has 0 atom stereocenters. The fourth-order valence-corrected chi connectivity index (χ4v) is 3.10. The monoisotopic (exact) mass is 346 g/mol. The number of benzene rings is 1. The lowest BCUT2D eigenvalue weighted by atomic mass is 10.1. The zero-order valence-corrected chi connectivity index (χ0v) is 14.8. The Balaban J connectivity index is 1.91. The van der Waals surface area contributed by atoms with Crippen LogP contribution in [-0.4, -0.2) is 35.0 Å². The first-order valence-electron chi connectivity index (χ1n) is 8.10. The van der Waals surface area contributed by atoms with Crippen molar-refractivity contribution in [1.82, 2.24) is 10.2 Å². The van der Waals surface area contributed by atoms with Crippen LogP contribution in [0, 0.1) is 6.92 Å². The number of nitrogens with one attached hydrogen (secondary N) is 1. The van der Waals surface area contributed by atoms with Gasteiger partial charge in [-0.2, -0.15) is 0 Å². The van der Waals surface area contributed by atoms with Gasteiger partial charge in [0.15, 0.2) is 0 Å². The molecule has 1 heterocycles. The minimum Gasteiger partial charge on any atom is -0.354 e. The Labute approximate surface area is 146 Å². The maximum Gasteiger partial charge on any atom is 0.293 e. The largest absolute Gasteiger partial charge is 0.354 e. The zero-order valence-electron chi connectivity index (χ0n) is 14.0. The minimum absolute atomic E-state index is 0.0426. The number of hydrogen-bond donors (Lipinski definition) is 1. The van der Waals surface area contributed by atoms with Crippen molar-refractivity contribution in [3.63, 3.8) is 0 Å². The molecule has 3 amide bonds. The summed E-state index contributed by atoms with van der Waals surface area (Å²) in [5.74, 6) is -0.340. The van der Waals surface area contributed by atoms with E-state index in [2.05, 4.69) is 5.32 Å². The fourth-order valence-electron chi connectivity index (χ4n) is 2.24. The number of nitrogens with zero attached hydrogens (tertiary/aromatic N) is 1. The molecule has 24 heavy (non-hydrogen) atoms. The number of hydrogen-bond acceptors (Lipinski definition) is 4. The van der Waals surface area contributed by atoms with Crippen molar-refractivity contribution in [1.29, 1.82) is 0 Å². The summed E-state index contributed by atoms with van der Waals surface area (Å²) in [5, 5.41) is 2.45. The van der Waals surface area contributed by atoms with E-state index in [0.717, 1.165) is 35.7 Å². The Hall–Kier alpha value is -2.08. The molecule has 0 aliphatic carbocycles. The number of aryl methyl sites for hydroxylation is 1. The fraction of sp³-hybridized carbons (Fsp3) is 0.389. The molecule has 1 aromatic rings. The molecule has 1 N–H and O–H groups in total. The standard InChI is InChI=1S/C18H22N2O3S/c1-3-4-5-16(21)19-10-11-20-17(22)15(24-18(20)23)12-14-8-6-13(2)7-9-14/h6-9,12H,3-5,10-11H2,1-2H3,(H,19,21)/b15-12-. The van der Waals surface area contributed by atoms with Gasteiger partial charge < -0.3 is 5.32 Å². The van der Waals surface area contributed by atoms with Crippen LogP contribution in [0.2, 0.25) is 0 Å². The van der Waals surface area contributed by atoms with Gasteiger partial charge in [0.2, 0.25) is 5.91 Å². The molecule has 0 radical (unpaired) electrons. The number of unbranched alkanes of at least 4 members (excludes halogenated alkanes) is 1. The van der Waals surface area contributed by atoms with Gasteiger partial charge in [0.05, 0.1) is 4.91 Å². The second kappa shape index (κ2) is 8.68. The lowest BCUT2D eigenvalue weighted by molar-refractivity contribution is -0.124. The molecule has 1 aliphatic heterocycles. The average Bonchev–Trinajstić information content (AvgIpc) is 2.82. The topological polar surface area (TPSA) is 66.5 Å². The molecule has 0 unspecified atom stereocenters. The van der Waals surface area contributed by atoms with Crippen molar-refractivity contribution in [3.8, 4) is 0 Å². The highest BCUT2D eigenvalue weighted by Gasteiger charge is 2.34. The molecule has 1 aromatic carbocycles. The number of carbonyl (C=O) groups is 3. The van der Waals surface area contributed by atoms with Crippen LogP contribution in [0.4, 0.5) is 4.79 Å². The molecule has 1 saturated heterocycles. The van der Waals surface area contributed by atoms with Crippen LogP contribution in [0.25, 0.3) is 6.08 Å². The normalized spacial score (nSPS) is 16.1. The quantitative estimate of drug-likeness (QED) is 0.769. The maximum absolute atomic E-state index is 12.3. The summed E-state index contributed by atoms with van der Waals surface area (Å²) in [6.45, 7) is 4.51. The second-order valence-electron chi connectivity index (χ2n) is 5.70. The predicted octanol–water partition coefficient (Wildman–Crippen LogP) is 3.34. The summed E-state index contributed by atoms with van der Waals surface area (Å²) in [7, 11) is 0. The first kappa shape index (κ1) is 18.3. The van der Waals surface area contributed by atoms with Crippen LogP contribution in [0.5, 0.6) is 0 Å². The Morgan fingerprint density at radius 2 is 1.96 bits per heavy atom. The summed E-state index contributed by atoms with van der Waals surface area (Å²) in [6.07, 6.45) is 4.00. The van der Waals surface area contributed by atoms with Gasteiger partial charge in [-0.25, -0.2) is 0 Å². The van der Waals surface area contributed by atoms with E-state index in [-0.39, 0.29) is 23.6 Å². The zero-order chi connectivity index (χ0) is 17.5. The van der Waals surface area contributed by atoms with Crippen LogP contribution in [0.15, 0.2) is 29.2 Å². The molecule has 0 aromatic heterocycles. The molecular weight excluding hydrogens is 324 g/mol. The maximum atomic E-state index is 12.3. The van der Waals surface area contributed by atoms with Crippen molar-refractivity contribution in [2.75, 3.05) is 13.1 Å². The van der Waals surface area contributed by atoms with E-state index >= 15 is 0 Å². The molecule has 0 saturated carbocycles. The molecule has 1 aliphatic rings. The third-order valence-corrected chi connectivity index (χ3v) is 4.57. The van der Waals surface area contributed by atoms with Crippen molar-refractivity contribution < 1.29 is 14.4 Å². The van der Waals surface area contributed by atoms with E-state index < -0.39 is 0 Å². The number of thioether (sulfide) groups is 1. The molecule has 0 spiro atoms. The molecule has 128 valence electrons. The summed E-state index contributed by atoms with van der Waals surface area (Å²) in [4.78, 5) is 37.5. The smallest absolute Gasteiger partial charge is 0.293 e. The molecule has 5 nitrogen and oxygen atoms in total. The Bertz CT molecular complexity index is 653. The minimum atomic E-state index is -0.298. The first-order chi connectivity index (χ1) is 11.5. The molecule has 0 bridgehead atoms. The van der Waals surface area contributed by atoms with Gasteiger partial charge >= 0.3 is 0 Å².